The van der Waals surface area contributed by atoms with Crippen molar-refractivity contribution in [3.63, 3.8) is 0 Å². The SMILES string of the molecule is COc1cc(CCC(=O)OC[C@H]2O[C@H](O[C@@]3(CO)O[C@@H](CO)[C@@H](O)[C@@H]3O)[C@H](O)[C@H](O)[C@H]2O)ccc1O. The van der Waals surface area contributed by atoms with Crippen LogP contribution >= 0.6 is 0 Å². The summed E-state index contributed by atoms with van der Waals surface area (Å²) in [4.78, 5) is 12.2. The third kappa shape index (κ3) is 5.89. The second-order valence-electron chi connectivity index (χ2n) is 8.57. The summed E-state index contributed by atoms with van der Waals surface area (Å²) >= 11 is 0. The van der Waals surface area contributed by atoms with E-state index in [0.29, 0.717) is 5.56 Å². The Balaban J connectivity index is 1.59. The number of carbonyl (C=O) groups excluding carboxylic acids is 1. The van der Waals surface area contributed by atoms with Crippen LogP contribution in [0.5, 0.6) is 11.5 Å². The monoisotopic (exact) mass is 520 g/mol. The van der Waals surface area contributed by atoms with Gasteiger partial charge in [-0.05, 0) is 24.1 Å². The zero-order valence-corrected chi connectivity index (χ0v) is 19.4. The molecule has 0 unspecified atom stereocenters. The van der Waals surface area contributed by atoms with Crippen LogP contribution in [0.3, 0.4) is 0 Å². The third-order valence-corrected chi connectivity index (χ3v) is 6.16. The smallest absolute Gasteiger partial charge is 0.306 e. The minimum Gasteiger partial charge on any atom is -0.504 e. The summed E-state index contributed by atoms with van der Waals surface area (Å²) in [6, 6.07) is 4.59. The van der Waals surface area contributed by atoms with Crippen molar-refractivity contribution in [2.24, 2.45) is 0 Å². The first-order valence-electron chi connectivity index (χ1n) is 11.2. The summed E-state index contributed by atoms with van der Waals surface area (Å²) in [5.41, 5.74) is 0.690. The number of carbonyl (C=O) groups is 1. The summed E-state index contributed by atoms with van der Waals surface area (Å²) in [5, 5.41) is 79.7. The number of benzene rings is 1. The Morgan fingerprint density at radius 2 is 1.75 bits per heavy atom. The van der Waals surface area contributed by atoms with Gasteiger partial charge in [-0.25, -0.2) is 0 Å². The topological polar surface area (TPSA) is 225 Å². The van der Waals surface area contributed by atoms with Gasteiger partial charge in [0.05, 0.1) is 13.7 Å². The highest BCUT2D eigenvalue weighted by molar-refractivity contribution is 5.69. The lowest BCUT2D eigenvalue weighted by Gasteiger charge is -2.43. The van der Waals surface area contributed by atoms with E-state index in [-0.39, 0.29) is 24.3 Å². The fraction of sp³-hybridized carbons (Fsp3) is 0.682. The number of ether oxygens (including phenoxy) is 5. The highest BCUT2D eigenvalue weighted by Gasteiger charge is 2.58. The molecule has 0 radical (unpaired) electrons. The summed E-state index contributed by atoms with van der Waals surface area (Å²) in [5.74, 6) is -2.80. The first-order valence-corrected chi connectivity index (χ1v) is 11.2. The zero-order chi connectivity index (χ0) is 26.6. The Bertz CT molecular complexity index is 882. The quantitative estimate of drug-likeness (QED) is 0.140. The summed E-state index contributed by atoms with van der Waals surface area (Å²) in [7, 11) is 1.39. The predicted molar refractivity (Wildman–Crippen MR) is 115 cm³/mol. The molecule has 8 N–H and O–H groups in total. The van der Waals surface area contributed by atoms with Gasteiger partial charge in [0, 0.05) is 6.42 Å². The number of phenolic OH excluding ortho intramolecular Hbond substituents is 1. The minimum absolute atomic E-state index is 0.0512. The van der Waals surface area contributed by atoms with Crippen LogP contribution < -0.4 is 4.74 Å². The minimum atomic E-state index is -2.31. The van der Waals surface area contributed by atoms with Crippen LogP contribution in [0.15, 0.2) is 18.2 Å². The average molecular weight is 520 g/mol. The van der Waals surface area contributed by atoms with E-state index in [4.69, 9.17) is 23.7 Å². The lowest BCUT2D eigenvalue weighted by molar-refractivity contribution is -0.383. The number of phenols is 1. The van der Waals surface area contributed by atoms with Crippen LogP contribution in [-0.2, 0) is 30.2 Å². The van der Waals surface area contributed by atoms with Crippen molar-refractivity contribution in [2.45, 2.75) is 67.6 Å². The van der Waals surface area contributed by atoms with Gasteiger partial charge in [0.2, 0.25) is 5.79 Å². The highest BCUT2D eigenvalue weighted by Crippen LogP contribution is 2.36. The first-order chi connectivity index (χ1) is 17.1. The Labute approximate surface area is 205 Å². The molecule has 2 fully saturated rings. The molecule has 9 atom stereocenters. The predicted octanol–water partition coefficient (Wildman–Crippen LogP) is -3.50. The lowest BCUT2D eigenvalue weighted by Crippen LogP contribution is -2.62. The molecule has 0 bridgehead atoms. The van der Waals surface area contributed by atoms with Gasteiger partial charge in [0.25, 0.3) is 0 Å². The Hall–Kier alpha value is -2.11. The Morgan fingerprint density at radius 1 is 1.03 bits per heavy atom. The molecule has 14 nitrogen and oxygen atoms in total. The summed E-state index contributed by atoms with van der Waals surface area (Å²) in [6.07, 6.45) is -13.2. The van der Waals surface area contributed by atoms with Crippen molar-refractivity contribution in [3.05, 3.63) is 23.8 Å². The van der Waals surface area contributed by atoms with E-state index in [9.17, 15) is 45.6 Å². The molecule has 204 valence electrons. The average Bonchev–Trinajstić information content (AvgIpc) is 3.12. The van der Waals surface area contributed by atoms with Gasteiger partial charge >= 0.3 is 5.97 Å². The maximum Gasteiger partial charge on any atom is 0.306 e. The van der Waals surface area contributed by atoms with Crippen molar-refractivity contribution in [1.29, 1.82) is 0 Å². The summed E-state index contributed by atoms with van der Waals surface area (Å²) in [6.45, 7) is -2.27. The van der Waals surface area contributed by atoms with Gasteiger partial charge in [-0.2, -0.15) is 0 Å². The van der Waals surface area contributed by atoms with E-state index in [1.807, 2.05) is 0 Å². The molecule has 2 saturated heterocycles. The van der Waals surface area contributed by atoms with E-state index in [0.717, 1.165) is 0 Å². The van der Waals surface area contributed by atoms with Gasteiger partial charge < -0.3 is 64.5 Å². The molecule has 0 aliphatic carbocycles. The van der Waals surface area contributed by atoms with E-state index in [2.05, 4.69) is 0 Å². The maximum absolute atomic E-state index is 12.2. The van der Waals surface area contributed by atoms with Crippen molar-refractivity contribution in [2.75, 3.05) is 26.9 Å². The molecule has 3 rings (SSSR count). The second-order valence-corrected chi connectivity index (χ2v) is 8.57. The summed E-state index contributed by atoms with van der Waals surface area (Å²) < 4.78 is 26.2. The van der Waals surface area contributed by atoms with Crippen LogP contribution in [0.25, 0.3) is 0 Å². The molecule has 1 aromatic carbocycles. The molecule has 0 amide bonds. The second kappa shape index (κ2) is 12.0. The van der Waals surface area contributed by atoms with E-state index < -0.39 is 80.6 Å². The van der Waals surface area contributed by atoms with Crippen LogP contribution in [0, 0.1) is 0 Å². The van der Waals surface area contributed by atoms with Crippen LogP contribution in [0.4, 0.5) is 0 Å². The number of rotatable bonds is 10. The van der Waals surface area contributed by atoms with Crippen molar-refractivity contribution in [3.8, 4) is 11.5 Å². The number of esters is 1. The van der Waals surface area contributed by atoms with Crippen molar-refractivity contribution >= 4 is 5.97 Å². The van der Waals surface area contributed by atoms with Gasteiger partial charge in [0.15, 0.2) is 17.8 Å². The molecule has 1 aromatic rings. The number of hydrogen-bond acceptors (Lipinski definition) is 14. The fourth-order valence-electron chi connectivity index (χ4n) is 3.99. The van der Waals surface area contributed by atoms with Crippen LogP contribution in [0.1, 0.15) is 12.0 Å². The van der Waals surface area contributed by atoms with Gasteiger partial charge in [-0.3, -0.25) is 4.79 Å². The number of aliphatic hydroxyl groups excluding tert-OH is 7. The molecular weight excluding hydrogens is 488 g/mol. The van der Waals surface area contributed by atoms with E-state index in [1.54, 1.807) is 12.1 Å². The normalized spacial score (nSPS) is 36.6. The molecule has 14 heteroatoms. The first kappa shape index (κ1) is 28.5. The standard InChI is InChI=1S/C22H32O14/c1-32-12-6-10(2-4-11(12)25)3-5-15(26)33-8-14-16(27)18(29)19(30)21(34-14)36-22(9-24)20(31)17(28)13(7-23)35-22/h2,4,6,13-14,16-21,23-25,27-31H,3,5,7-9H2,1H3/t13-,14+,16-,17+,18+,19+,20-,21+,22+/m0/s1. The Kier molecular flexibility index (Phi) is 9.45. The number of aromatic hydroxyl groups is 1. The molecule has 2 aliphatic rings. The van der Waals surface area contributed by atoms with Crippen molar-refractivity contribution in [1.82, 2.24) is 0 Å². The van der Waals surface area contributed by atoms with Gasteiger partial charge in [-0.1, -0.05) is 6.07 Å². The number of aliphatic hydroxyl groups is 7. The molecule has 2 aliphatic heterocycles. The van der Waals surface area contributed by atoms with Crippen LogP contribution in [0.2, 0.25) is 0 Å². The molecule has 36 heavy (non-hydrogen) atoms. The third-order valence-electron chi connectivity index (χ3n) is 6.16. The van der Waals surface area contributed by atoms with E-state index in [1.165, 1.54) is 13.2 Å². The fourth-order valence-corrected chi connectivity index (χ4v) is 3.99. The molecule has 0 aromatic heterocycles. The van der Waals surface area contributed by atoms with E-state index >= 15 is 0 Å². The number of hydrogen-bond donors (Lipinski definition) is 8. The molecule has 0 spiro atoms. The Morgan fingerprint density at radius 3 is 2.36 bits per heavy atom. The van der Waals surface area contributed by atoms with Crippen LogP contribution in [-0.4, -0.2) is 129 Å². The highest BCUT2D eigenvalue weighted by atomic mass is 16.8. The number of aryl methyl sites for hydroxylation is 1. The molecule has 0 saturated carbocycles. The van der Waals surface area contributed by atoms with Gasteiger partial charge in [0.1, 0.15) is 55.9 Å². The molecule has 2 heterocycles. The lowest BCUT2D eigenvalue weighted by atomic mass is 9.99. The molecular formula is C22H32O14. The van der Waals surface area contributed by atoms with Gasteiger partial charge in [-0.15, -0.1) is 0 Å². The maximum atomic E-state index is 12.2. The number of methoxy groups -OCH3 is 1. The van der Waals surface area contributed by atoms with Crippen molar-refractivity contribution < 1.29 is 69.3 Å². The zero-order valence-electron chi connectivity index (χ0n) is 19.4. The largest absolute Gasteiger partial charge is 0.504 e.